The average Bonchev–Trinajstić information content (AvgIpc) is 2.37. The summed E-state index contributed by atoms with van der Waals surface area (Å²) in [6.07, 6.45) is 9.13. The van der Waals surface area contributed by atoms with Crippen molar-refractivity contribution in [3.8, 4) is 0 Å². The van der Waals surface area contributed by atoms with Gasteiger partial charge >= 0.3 is 0 Å². The van der Waals surface area contributed by atoms with Gasteiger partial charge in [0.25, 0.3) is 0 Å². The fourth-order valence-corrected chi connectivity index (χ4v) is 2.07. The standard InChI is InChI=1S/C15H29N3/c1-4-11-17-12-7-8-15(9-10-16)18(13-5-2)14-6-3/h4-6,15,17H,1-3,7-14,16H2. The van der Waals surface area contributed by atoms with E-state index in [1.807, 2.05) is 18.2 Å². The second-order valence-corrected chi connectivity index (χ2v) is 4.40. The minimum absolute atomic E-state index is 0.525. The molecular weight excluding hydrogens is 222 g/mol. The fraction of sp³-hybridized carbons (Fsp3) is 0.600. The van der Waals surface area contributed by atoms with Crippen LogP contribution in [0.2, 0.25) is 0 Å². The Kier molecular flexibility index (Phi) is 11.9. The van der Waals surface area contributed by atoms with E-state index in [0.29, 0.717) is 6.04 Å². The first-order valence-electron chi connectivity index (χ1n) is 6.77. The highest BCUT2D eigenvalue weighted by Gasteiger charge is 2.14. The molecule has 0 aromatic carbocycles. The van der Waals surface area contributed by atoms with Crippen molar-refractivity contribution < 1.29 is 0 Å². The topological polar surface area (TPSA) is 41.3 Å². The Bertz CT molecular complexity index is 216. The van der Waals surface area contributed by atoms with Gasteiger partial charge in [-0.05, 0) is 32.4 Å². The summed E-state index contributed by atoms with van der Waals surface area (Å²) in [7, 11) is 0. The monoisotopic (exact) mass is 251 g/mol. The van der Waals surface area contributed by atoms with Crippen LogP contribution in [0.15, 0.2) is 38.0 Å². The molecule has 0 spiro atoms. The third kappa shape index (κ3) is 8.23. The second kappa shape index (κ2) is 12.6. The van der Waals surface area contributed by atoms with Crippen molar-refractivity contribution in [1.29, 1.82) is 0 Å². The minimum atomic E-state index is 0.525. The molecule has 0 aromatic rings. The molecular formula is C15H29N3. The Balaban J connectivity index is 4.09. The normalized spacial score (nSPS) is 12.3. The van der Waals surface area contributed by atoms with E-state index in [-0.39, 0.29) is 0 Å². The minimum Gasteiger partial charge on any atom is -0.330 e. The van der Waals surface area contributed by atoms with Crippen molar-refractivity contribution in [3.05, 3.63) is 38.0 Å². The summed E-state index contributed by atoms with van der Waals surface area (Å²) < 4.78 is 0. The van der Waals surface area contributed by atoms with E-state index in [4.69, 9.17) is 5.73 Å². The van der Waals surface area contributed by atoms with Crippen molar-refractivity contribution in [2.24, 2.45) is 5.73 Å². The van der Waals surface area contributed by atoms with Crippen molar-refractivity contribution in [2.75, 3.05) is 32.7 Å². The SMILES string of the molecule is C=CCNCCCC(CCN)N(CC=C)CC=C. The summed E-state index contributed by atoms with van der Waals surface area (Å²) in [6.45, 7) is 15.8. The van der Waals surface area contributed by atoms with Crippen molar-refractivity contribution in [3.63, 3.8) is 0 Å². The maximum absolute atomic E-state index is 5.70. The molecule has 0 bridgehead atoms. The van der Waals surface area contributed by atoms with Gasteiger partial charge in [0.2, 0.25) is 0 Å². The van der Waals surface area contributed by atoms with E-state index >= 15 is 0 Å². The lowest BCUT2D eigenvalue weighted by Crippen LogP contribution is -2.37. The molecule has 0 amide bonds. The third-order valence-electron chi connectivity index (χ3n) is 2.92. The number of nitrogens with zero attached hydrogens (tertiary/aromatic N) is 1. The Morgan fingerprint density at radius 3 is 2.22 bits per heavy atom. The Labute approximate surface area is 112 Å². The Hall–Kier alpha value is -0.900. The molecule has 0 radical (unpaired) electrons. The predicted molar refractivity (Wildman–Crippen MR) is 81.7 cm³/mol. The number of nitrogens with one attached hydrogen (secondary N) is 1. The summed E-state index contributed by atoms with van der Waals surface area (Å²) >= 11 is 0. The molecule has 0 aliphatic carbocycles. The van der Waals surface area contributed by atoms with Gasteiger partial charge < -0.3 is 11.1 Å². The lowest BCUT2D eigenvalue weighted by atomic mass is 10.1. The first-order chi connectivity index (χ1) is 8.79. The maximum Gasteiger partial charge on any atom is 0.0166 e. The zero-order chi connectivity index (χ0) is 13.6. The van der Waals surface area contributed by atoms with Gasteiger partial charge in [-0.3, -0.25) is 4.90 Å². The van der Waals surface area contributed by atoms with Gasteiger partial charge in [-0.2, -0.15) is 0 Å². The molecule has 104 valence electrons. The van der Waals surface area contributed by atoms with Gasteiger partial charge in [0.05, 0.1) is 0 Å². The molecule has 1 unspecified atom stereocenters. The molecule has 0 saturated carbocycles. The molecule has 0 rings (SSSR count). The largest absolute Gasteiger partial charge is 0.330 e. The highest BCUT2D eigenvalue weighted by atomic mass is 15.1. The van der Waals surface area contributed by atoms with Crippen LogP contribution < -0.4 is 11.1 Å². The van der Waals surface area contributed by atoms with Gasteiger partial charge in [-0.25, -0.2) is 0 Å². The van der Waals surface area contributed by atoms with Crippen LogP contribution in [0.1, 0.15) is 19.3 Å². The molecule has 18 heavy (non-hydrogen) atoms. The summed E-state index contributed by atoms with van der Waals surface area (Å²) in [6, 6.07) is 0.525. The first kappa shape index (κ1) is 17.1. The van der Waals surface area contributed by atoms with Crippen LogP contribution in [0.3, 0.4) is 0 Å². The maximum atomic E-state index is 5.70. The van der Waals surface area contributed by atoms with Gasteiger partial charge in [0, 0.05) is 25.7 Å². The lowest BCUT2D eigenvalue weighted by Gasteiger charge is -2.29. The second-order valence-electron chi connectivity index (χ2n) is 4.40. The molecule has 3 heteroatoms. The quantitative estimate of drug-likeness (QED) is 0.388. The highest BCUT2D eigenvalue weighted by Crippen LogP contribution is 2.10. The molecule has 0 saturated heterocycles. The molecule has 0 aromatic heterocycles. The number of rotatable bonds is 13. The summed E-state index contributed by atoms with van der Waals surface area (Å²) in [5, 5.41) is 3.33. The molecule has 0 heterocycles. The zero-order valence-electron chi connectivity index (χ0n) is 11.6. The number of hydrogen-bond acceptors (Lipinski definition) is 3. The molecule has 0 aliphatic heterocycles. The number of hydrogen-bond donors (Lipinski definition) is 2. The summed E-state index contributed by atoms with van der Waals surface area (Å²) in [4.78, 5) is 2.39. The van der Waals surface area contributed by atoms with E-state index in [1.54, 1.807) is 0 Å². The van der Waals surface area contributed by atoms with Crippen LogP contribution in [0, 0.1) is 0 Å². The van der Waals surface area contributed by atoms with Gasteiger partial charge in [0.15, 0.2) is 0 Å². The van der Waals surface area contributed by atoms with E-state index in [0.717, 1.165) is 52.0 Å². The third-order valence-corrected chi connectivity index (χ3v) is 2.92. The van der Waals surface area contributed by atoms with Crippen molar-refractivity contribution in [2.45, 2.75) is 25.3 Å². The van der Waals surface area contributed by atoms with Gasteiger partial charge in [-0.15, -0.1) is 19.7 Å². The Morgan fingerprint density at radius 1 is 1.06 bits per heavy atom. The van der Waals surface area contributed by atoms with Crippen LogP contribution in [-0.2, 0) is 0 Å². The van der Waals surface area contributed by atoms with E-state index < -0.39 is 0 Å². The molecule has 1 atom stereocenters. The molecule has 3 nitrogen and oxygen atoms in total. The van der Waals surface area contributed by atoms with Crippen LogP contribution in [-0.4, -0.2) is 43.7 Å². The van der Waals surface area contributed by atoms with E-state index in [2.05, 4.69) is 30.0 Å². The van der Waals surface area contributed by atoms with Crippen molar-refractivity contribution >= 4 is 0 Å². The van der Waals surface area contributed by atoms with Crippen LogP contribution in [0.25, 0.3) is 0 Å². The van der Waals surface area contributed by atoms with Crippen LogP contribution in [0.4, 0.5) is 0 Å². The smallest absolute Gasteiger partial charge is 0.0166 e. The lowest BCUT2D eigenvalue weighted by molar-refractivity contribution is 0.215. The van der Waals surface area contributed by atoms with Crippen LogP contribution >= 0.6 is 0 Å². The summed E-state index contributed by atoms with van der Waals surface area (Å²) in [5.74, 6) is 0. The first-order valence-corrected chi connectivity index (χ1v) is 6.77. The highest BCUT2D eigenvalue weighted by molar-refractivity contribution is 4.85. The van der Waals surface area contributed by atoms with E-state index in [1.165, 1.54) is 0 Å². The predicted octanol–water partition coefficient (Wildman–Crippen LogP) is 1.93. The fourth-order valence-electron chi connectivity index (χ4n) is 2.07. The van der Waals surface area contributed by atoms with Crippen molar-refractivity contribution in [1.82, 2.24) is 10.2 Å². The molecule has 0 aliphatic rings. The molecule has 0 fully saturated rings. The average molecular weight is 251 g/mol. The van der Waals surface area contributed by atoms with E-state index in [9.17, 15) is 0 Å². The van der Waals surface area contributed by atoms with Gasteiger partial charge in [-0.1, -0.05) is 18.2 Å². The zero-order valence-corrected chi connectivity index (χ0v) is 11.6. The summed E-state index contributed by atoms with van der Waals surface area (Å²) in [5.41, 5.74) is 5.70. The number of nitrogens with two attached hydrogens (primary N) is 1. The van der Waals surface area contributed by atoms with Gasteiger partial charge in [0.1, 0.15) is 0 Å². The van der Waals surface area contributed by atoms with Crippen LogP contribution in [0.5, 0.6) is 0 Å². The Morgan fingerprint density at radius 2 is 1.72 bits per heavy atom. The molecule has 3 N–H and O–H groups in total.